The molecule has 0 spiro atoms. The van der Waals surface area contributed by atoms with Crippen LogP contribution in [0.3, 0.4) is 0 Å². The van der Waals surface area contributed by atoms with E-state index < -0.39 is 0 Å². The summed E-state index contributed by atoms with van der Waals surface area (Å²) in [6.07, 6.45) is 3.12. The highest BCUT2D eigenvalue weighted by Gasteiger charge is 2.02. The van der Waals surface area contributed by atoms with Crippen molar-refractivity contribution < 1.29 is 4.79 Å². The molecule has 0 saturated carbocycles. The van der Waals surface area contributed by atoms with Crippen LogP contribution in [0, 0.1) is 18.3 Å². The van der Waals surface area contributed by atoms with Gasteiger partial charge in [0, 0.05) is 18.1 Å². The molecule has 0 fully saturated rings. The zero-order valence-corrected chi connectivity index (χ0v) is 7.24. The van der Waals surface area contributed by atoms with Gasteiger partial charge in [-0.15, -0.1) is 0 Å². The largest absolute Gasteiger partial charge is 0.325 e. The van der Waals surface area contributed by atoms with Gasteiger partial charge in [0.25, 0.3) is 0 Å². The summed E-state index contributed by atoms with van der Waals surface area (Å²) in [5.74, 6) is -0.295. The summed E-state index contributed by atoms with van der Waals surface area (Å²) >= 11 is 0. The zero-order valence-electron chi connectivity index (χ0n) is 7.24. The number of hydrogen-bond acceptors (Lipinski definition) is 3. The highest BCUT2D eigenvalue weighted by atomic mass is 16.1. The molecule has 1 aromatic rings. The van der Waals surface area contributed by atoms with Gasteiger partial charge in [-0.05, 0) is 18.6 Å². The Morgan fingerprint density at radius 3 is 3.15 bits per heavy atom. The Morgan fingerprint density at radius 1 is 1.77 bits per heavy atom. The molecule has 0 aliphatic rings. The van der Waals surface area contributed by atoms with Crippen molar-refractivity contribution >= 4 is 11.6 Å². The molecule has 1 rings (SSSR count). The Balaban J connectivity index is 2.70. The van der Waals surface area contributed by atoms with Crippen molar-refractivity contribution in [2.75, 3.05) is 5.32 Å². The molecule has 0 radical (unpaired) electrons. The molecular formula is C9H9N3O. The average Bonchev–Trinajstić information content (AvgIpc) is 2.09. The van der Waals surface area contributed by atoms with Gasteiger partial charge in [-0.3, -0.25) is 9.78 Å². The van der Waals surface area contributed by atoms with E-state index in [0.717, 1.165) is 5.56 Å². The van der Waals surface area contributed by atoms with E-state index in [-0.39, 0.29) is 12.3 Å². The molecule has 4 heteroatoms. The smallest absolute Gasteiger partial charge is 0.238 e. The number of anilines is 1. The Morgan fingerprint density at radius 2 is 2.54 bits per heavy atom. The summed E-state index contributed by atoms with van der Waals surface area (Å²) < 4.78 is 0. The van der Waals surface area contributed by atoms with Gasteiger partial charge < -0.3 is 5.32 Å². The second kappa shape index (κ2) is 4.21. The number of pyridine rings is 1. The van der Waals surface area contributed by atoms with Crippen molar-refractivity contribution in [3.8, 4) is 6.07 Å². The van der Waals surface area contributed by atoms with Gasteiger partial charge in [0.2, 0.25) is 5.91 Å². The van der Waals surface area contributed by atoms with Crippen molar-refractivity contribution in [1.29, 1.82) is 5.26 Å². The molecule has 0 unspecified atom stereocenters. The third-order valence-electron chi connectivity index (χ3n) is 1.53. The summed E-state index contributed by atoms with van der Waals surface area (Å²) in [5.41, 5.74) is 1.59. The second-order valence-corrected chi connectivity index (χ2v) is 2.57. The van der Waals surface area contributed by atoms with E-state index in [0.29, 0.717) is 5.69 Å². The Labute approximate surface area is 76.2 Å². The number of rotatable bonds is 2. The number of carbonyl (C=O) groups is 1. The fraction of sp³-hybridized carbons (Fsp3) is 0.222. The van der Waals surface area contributed by atoms with Crippen molar-refractivity contribution in [2.24, 2.45) is 0 Å². The maximum atomic E-state index is 11.0. The van der Waals surface area contributed by atoms with Crippen LogP contribution >= 0.6 is 0 Å². The first-order valence-electron chi connectivity index (χ1n) is 3.81. The molecule has 13 heavy (non-hydrogen) atoms. The molecule has 0 saturated heterocycles. The van der Waals surface area contributed by atoms with Crippen LogP contribution < -0.4 is 5.32 Å². The van der Waals surface area contributed by atoms with Crippen LogP contribution in [0.25, 0.3) is 0 Å². The lowest BCUT2D eigenvalue weighted by molar-refractivity contribution is -0.115. The highest BCUT2D eigenvalue weighted by Crippen LogP contribution is 2.11. The van der Waals surface area contributed by atoms with Gasteiger partial charge in [0.15, 0.2) is 0 Å². The topological polar surface area (TPSA) is 65.8 Å². The van der Waals surface area contributed by atoms with E-state index in [9.17, 15) is 4.79 Å². The molecule has 1 aromatic heterocycles. The molecule has 66 valence electrons. The lowest BCUT2D eigenvalue weighted by atomic mass is 10.2. The average molecular weight is 175 g/mol. The summed E-state index contributed by atoms with van der Waals surface area (Å²) in [6.45, 7) is 1.84. The third-order valence-corrected chi connectivity index (χ3v) is 1.53. The fourth-order valence-corrected chi connectivity index (χ4v) is 0.880. The van der Waals surface area contributed by atoms with Crippen LogP contribution in [-0.4, -0.2) is 10.9 Å². The first kappa shape index (κ1) is 9.20. The Kier molecular flexibility index (Phi) is 2.98. The molecule has 0 aliphatic heterocycles. The van der Waals surface area contributed by atoms with Crippen LogP contribution in [0.4, 0.5) is 5.69 Å². The van der Waals surface area contributed by atoms with E-state index in [4.69, 9.17) is 5.26 Å². The quantitative estimate of drug-likeness (QED) is 0.735. The van der Waals surface area contributed by atoms with E-state index in [1.165, 1.54) is 0 Å². The van der Waals surface area contributed by atoms with Crippen LogP contribution in [0.1, 0.15) is 12.0 Å². The normalized spacial score (nSPS) is 8.92. The minimum absolute atomic E-state index is 0.123. The number of hydrogen-bond donors (Lipinski definition) is 1. The zero-order chi connectivity index (χ0) is 9.68. The van der Waals surface area contributed by atoms with Gasteiger partial charge >= 0.3 is 0 Å². The maximum absolute atomic E-state index is 11.0. The monoisotopic (exact) mass is 175 g/mol. The van der Waals surface area contributed by atoms with E-state index >= 15 is 0 Å². The van der Waals surface area contributed by atoms with Crippen LogP contribution in [0.2, 0.25) is 0 Å². The SMILES string of the molecule is Cc1cnccc1NC(=O)CC#N. The number of aryl methyl sites for hydroxylation is 1. The van der Waals surface area contributed by atoms with E-state index in [2.05, 4.69) is 10.3 Å². The molecule has 0 aliphatic carbocycles. The summed E-state index contributed by atoms with van der Waals surface area (Å²) in [7, 11) is 0. The Hall–Kier alpha value is -1.89. The highest BCUT2D eigenvalue weighted by molar-refractivity contribution is 5.92. The van der Waals surface area contributed by atoms with Gasteiger partial charge in [-0.2, -0.15) is 5.26 Å². The van der Waals surface area contributed by atoms with Crippen molar-refractivity contribution in [3.05, 3.63) is 24.0 Å². The number of amides is 1. The second-order valence-electron chi connectivity index (χ2n) is 2.57. The summed E-state index contributed by atoms with van der Waals surface area (Å²) in [4.78, 5) is 14.9. The summed E-state index contributed by atoms with van der Waals surface area (Å²) in [5, 5.41) is 10.9. The van der Waals surface area contributed by atoms with Crippen LogP contribution in [-0.2, 0) is 4.79 Å². The molecule has 0 bridgehead atoms. The van der Waals surface area contributed by atoms with Crippen molar-refractivity contribution in [3.63, 3.8) is 0 Å². The molecule has 1 heterocycles. The number of nitrogens with one attached hydrogen (secondary N) is 1. The van der Waals surface area contributed by atoms with Gasteiger partial charge in [-0.25, -0.2) is 0 Å². The lowest BCUT2D eigenvalue weighted by Crippen LogP contribution is -2.11. The molecular weight excluding hydrogens is 166 g/mol. The molecule has 4 nitrogen and oxygen atoms in total. The predicted octanol–water partition coefficient (Wildman–Crippen LogP) is 1.24. The van der Waals surface area contributed by atoms with Crippen LogP contribution in [0.5, 0.6) is 0 Å². The molecule has 1 N–H and O–H groups in total. The fourth-order valence-electron chi connectivity index (χ4n) is 0.880. The predicted molar refractivity (Wildman–Crippen MR) is 47.8 cm³/mol. The van der Waals surface area contributed by atoms with Gasteiger partial charge in [-0.1, -0.05) is 0 Å². The Bertz CT molecular complexity index is 354. The van der Waals surface area contributed by atoms with Crippen molar-refractivity contribution in [1.82, 2.24) is 4.98 Å². The molecule has 0 atom stereocenters. The van der Waals surface area contributed by atoms with Crippen LogP contribution in [0.15, 0.2) is 18.5 Å². The van der Waals surface area contributed by atoms with Gasteiger partial charge in [0.1, 0.15) is 6.42 Å². The number of nitrogens with zero attached hydrogens (tertiary/aromatic N) is 2. The van der Waals surface area contributed by atoms with E-state index in [1.807, 2.05) is 6.92 Å². The minimum atomic E-state index is -0.295. The maximum Gasteiger partial charge on any atom is 0.238 e. The number of carbonyl (C=O) groups excluding carboxylic acids is 1. The molecule has 0 aromatic carbocycles. The van der Waals surface area contributed by atoms with E-state index in [1.54, 1.807) is 24.5 Å². The third kappa shape index (κ3) is 2.56. The van der Waals surface area contributed by atoms with Gasteiger partial charge in [0.05, 0.1) is 6.07 Å². The first-order chi connectivity index (χ1) is 6.24. The standard InChI is InChI=1S/C9H9N3O/c1-7-6-11-5-3-8(7)12-9(13)2-4-10/h3,5-6H,2H2,1H3,(H,11,12,13). The lowest BCUT2D eigenvalue weighted by Gasteiger charge is -2.04. The first-order valence-corrected chi connectivity index (χ1v) is 3.81. The minimum Gasteiger partial charge on any atom is -0.325 e. The number of aromatic nitrogens is 1. The molecule has 1 amide bonds. The number of nitriles is 1. The summed E-state index contributed by atoms with van der Waals surface area (Å²) in [6, 6.07) is 3.48. The van der Waals surface area contributed by atoms with Crippen molar-refractivity contribution in [2.45, 2.75) is 13.3 Å².